The lowest BCUT2D eigenvalue weighted by molar-refractivity contribution is 1.13. The van der Waals surface area contributed by atoms with Crippen LogP contribution in [0.2, 0.25) is 0 Å². The summed E-state index contributed by atoms with van der Waals surface area (Å²) in [6.07, 6.45) is 3.47. The molecule has 184 valence electrons. The van der Waals surface area contributed by atoms with Gasteiger partial charge >= 0.3 is 0 Å². The van der Waals surface area contributed by atoms with E-state index in [1.54, 1.807) is 6.33 Å². The molecule has 0 aliphatic carbocycles. The first-order chi connectivity index (χ1) is 19.3. The van der Waals surface area contributed by atoms with Crippen LogP contribution in [0.1, 0.15) is 5.56 Å². The zero-order valence-corrected chi connectivity index (χ0v) is 21.4. The van der Waals surface area contributed by atoms with Crippen LogP contribution in [0.15, 0.2) is 128 Å². The molecule has 0 aliphatic rings. The Kier molecular flexibility index (Phi) is 4.70. The molecule has 3 aromatic heterocycles. The number of fused-ring (bicyclic) bond motifs is 6. The molecule has 0 aliphatic heterocycles. The van der Waals surface area contributed by atoms with Gasteiger partial charge in [-0.2, -0.15) is 0 Å². The van der Waals surface area contributed by atoms with Gasteiger partial charge in [0, 0.05) is 44.7 Å². The van der Waals surface area contributed by atoms with Crippen LogP contribution in [-0.2, 0) is 0 Å². The maximum Gasteiger partial charge on any atom is 0.116 e. The number of hydrogen-bond donors (Lipinski definition) is 0. The molecule has 3 heterocycles. The Morgan fingerprint density at radius 1 is 0.513 bits per heavy atom. The van der Waals surface area contributed by atoms with Gasteiger partial charge in [0.05, 0.1) is 27.8 Å². The fraction of sp³-hybridized carbons (Fsp3) is 0.0286. The summed E-state index contributed by atoms with van der Waals surface area (Å²) in [7, 11) is 0. The Morgan fingerprint density at radius 3 is 1.64 bits per heavy atom. The van der Waals surface area contributed by atoms with E-state index in [4.69, 9.17) is 0 Å². The van der Waals surface area contributed by atoms with E-state index in [9.17, 15) is 0 Å². The Labute approximate surface area is 225 Å². The monoisotopic (exact) mass is 500 g/mol. The van der Waals surface area contributed by atoms with E-state index in [1.165, 1.54) is 43.6 Å². The van der Waals surface area contributed by atoms with Gasteiger partial charge in [-0.25, -0.2) is 9.97 Å². The predicted octanol–water partition coefficient (Wildman–Crippen LogP) is 8.65. The summed E-state index contributed by atoms with van der Waals surface area (Å²) in [5.41, 5.74) is 10.2. The molecule has 0 fully saturated rings. The third-order valence-corrected chi connectivity index (χ3v) is 7.79. The SMILES string of the molecule is Cc1cncnc1-c1ccc(-n2c3ccccc3c3cc(-n4c5ccccc5c5ccccc54)ccc32)cc1. The summed E-state index contributed by atoms with van der Waals surface area (Å²) in [6.45, 7) is 2.05. The van der Waals surface area contributed by atoms with Gasteiger partial charge in [-0.05, 0) is 61.0 Å². The summed E-state index contributed by atoms with van der Waals surface area (Å²) >= 11 is 0. The number of aromatic nitrogens is 4. The summed E-state index contributed by atoms with van der Waals surface area (Å²) < 4.78 is 4.74. The molecule has 4 nitrogen and oxygen atoms in total. The number of benzene rings is 5. The molecule has 0 atom stereocenters. The fourth-order valence-electron chi connectivity index (χ4n) is 6.05. The smallest absolute Gasteiger partial charge is 0.116 e. The first-order valence-corrected chi connectivity index (χ1v) is 13.2. The molecule has 0 bridgehead atoms. The summed E-state index contributed by atoms with van der Waals surface area (Å²) in [6, 6.07) is 41.5. The van der Waals surface area contributed by atoms with Crippen LogP contribution in [-0.4, -0.2) is 19.1 Å². The molecule has 0 saturated carbocycles. The van der Waals surface area contributed by atoms with Crippen molar-refractivity contribution >= 4 is 43.6 Å². The minimum absolute atomic E-state index is 0.967. The van der Waals surface area contributed by atoms with Crippen molar-refractivity contribution in [2.75, 3.05) is 0 Å². The summed E-state index contributed by atoms with van der Waals surface area (Å²) in [5.74, 6) is 0. The van der Waals surface area contributed by atoms with Gasteiger partial charge in [-0.1, -0.05) is 66.7 Å². The lowest BCUT2D eigenvalue weighted by atomic mass is 10.1. The van der Waals surface area contributed by atoms with Crippen molar-refractivity contribution in [3.05, 3.63) is 133 Å². The highest BCUT2D eigenvalue weighted by atomic mass is 15.0. The zero-order chi connectivity index (χ0) is 25.9. The third kappa shape index (κ3) is 3.25. The maximum atomic E-state index is 4.50. The Balaban J connectivity index is 1.35. The molecule has 5 aromatic carbocycles. The van der Waals surface area contributed by atoms with Gasteiger partial charge in [0.1, 0.15) is 6.33 Å². The average molecular weight is 501 g/mol. The molecule has 0 N–H and O–H groups in total. The molecule has 39 heavy (non-hydrogen) atoms. The minimum Gasteiger partial charge on any atom is -0.309 e. The van der Waals surface area contributed by atoms with Crippen LogP contribution in [0.25, 0.3) is 66.2 Å². The quantitative estimate of drug-likeness (QED) is 0.243. The molecular weight excluding hydrogens is 476 g/mol. The largest absolute Gasteiger partial charge is 0.309 e. The van der Waals surface area contributed by atoms with Crippen molar-refractivity contribution in [3.63, 3.8) is 0 Å². The Bertz CT molecular complexity index is 2130. The number of aryl methyl sites for hydroxylation is 1. The van der Waals surface area contributed by atoms with Crippen molar-refractivity contribution in [3.8, 4) is 22.6 Å². The van der Waals surface area contributed by atoms with Crippen LogP contribution in [0.4, 0.5) is 0 Å². The van der Waals surface area contributed by atoms with Crippen molar-refractivity contribution in [2.45, 2.75) is 6.92 Å². The van der Waals surface area contributed by atoms with Crippen LogP contribution in [0.3, 0.4) is 0 Å². The normalized spacial score (nSPS) is 11.7. The van der Waals surface area contributed by atoms with Gasteiger partial charge in [0.25, 0.3) is 0 Å². The van der Waals surface area contributed by atoms with Crippen LogP contribution in [0, 0.1) is 6.92 Å². The van der Waals surface area contributed by atoms with Crippen LogP contribution >= 0.6 is 0 Å². The molecular formula is C35H24N4. The van der Waals surface area contributed by atoms with Crippen LogP contribution in [0.5, 0.6) is 0 Å². The van der Waals surface area contributed by atoms with E-state index in [-0.39, 0.29) is 0 Å². The van der Waals surface area contributed by atoms with Crippen molar-refractivity contribution in [1.29, 1.82) is 0 Å². The number of rotatable bonds is 3. The van der Waals surface area contributed by atoms with Crippen molar-refractivity contribution < 1.29 is 0 Å². The van der Waals surface area contributed by atoms with E-state index in [2.05, 4.69) is 134 Å². The third-order valence-electron chi connectivity index (χ3n) is 7.79. The van der Waals surface area contributed by atoms with Gasteiger partial charge in [0.2, 0.25) is 0 Å². The average Bonchev–Trinajstić information content (AvgIpc) is 3.50. The molecule has 8 aromatic rings. The first kappa shape index (κ1) is 21.8. The van der Waals surface area contributed by atoms with E-state index in [0.29, 0.717) is 0 Å². The highest BCUT2D eigenvalue weighted by molar-refractivity contribution is 6.12. The Hall–Kier alpha value is -5.22. The molecule has 8 rings (SSSR count). The summed E-state index contributed by atoms with van der Waals surface area (Å²) in [5, 5.41) is 5.02. The lowest BCUT2D eigenvalue weighted by Crippen LogP contribution is -1.96. The van der Waals surface area contributed by atoms with Crippen molar-refractivity contribution in [1.82, 2.24) is 19.1 Å². The number of para-hydroxylation sites is 3. The lowest BCUT2D eigenvalue weighted by Gasteiger charge is -2.11. The molecule has 4 heteroatoms. The first-order valence-electron chi connectivity index (χ1n) is 13.2. The number of hydrogen-bond acceptors (Lipinski definition) is 2. The highest BCUT2D eigenvalue weighted by Crippen LogP contribution is 2.37. The molecule has 0 spiro atoms. The molecule has 0 unspecified atom stereocenters. The standard InChI is InChI=1S/C35H24N4/c1-23-21-36-22-37-35(23)24-14-16-25(17-15-24)38-33-13-7-4-10-29(33)30-20-26(18-19-34(30)38)39-31-11-5-2-8-27(31)28-9-3-6-12-32(28)39/h2-22H,1H3. The number of nitrogens with zero attached hydrogens (tertiary/aromatic N) is 4. The molecule has 0 saturated heterocycles. The molecule has 0 radical (unpaired) electrons. The van der Waals surface area contributed by atoms with Gasteiger partial charge in [-0.15, -0.1) is 0 Å². The van der Waals surface area contributed by atoms with E-state index < -0.39 is 0 Å². The maximum absolute atomic E-state index is 4.50. The molecule has 0 amide bonds. The van der Waals surface area contributed by atoms with Crippen molar-refractivity contribution in [2.24, 2.45) is 0 Å². The Morgan fingerprint density at radius 2 is 1.03 bits per heavy atom. The van der Waals surface area contributed by atoms with E-state index in [1.807, 2.05) is 13.1 Å². The second-order valence-corrected chi connectivity index (χ2v) is 10.0. The topological polar surface area (TPSA) is 35.6 Å². The minimum atomic E-state index is 0.967. The van der Waals surface area contributed by atoms with E-state index >= 15 is 0 Å². The zero-order valence-electron chi connectivity index (χ0n) is 21.4. The van der Waals surface area contributed by atoms with Crippen LogP contribution < -0.4 is 0 Å². The van der Waals surface area contributed by atoms with Gasteiger partial charge in [-0.3, -0.25) is 0 Å². The second kappa shape index (κ2) is 8.40. The highest BCUT2D eigenvalue weighted by Gasteiger charge is 2.16. The predicted molar refractivity (Wildman–Crippen MR) is 161 cm³/mol. The second-order valence-electron chi connectivity index (χ2n) is 10.0. The van der Waals surface area contributed by atoms with E-state index in [0.717, 1.165) is 28.2 Å². The van der Waals surface area contributed by atoms with Gasteiger partial charge in [0.15, 0.2) is 0 Å². The summed E-state index contributed by atoms with van der Waals surface area (Å²) in [4.78, 5) is 8.64. The fourth-order valence-corrected chi connectivity index (χ4v) is 6.05. The van der Waals surface area contributed by atoms with Gasteiger partial charge < -0.3 is 9.13 Å².